The maximum atomic E-state index is 13.5. The molecule has 0 radical (unpaired) electrons. The first kappa shape index (κ1) is 25.6. The quantitative estimate of drug-likeness (QED) is 0.193. The number of anilines is 1. The lowest BCUT2D eigenvalue weighted by atomic mass is 10.2. The third kappa shape index (κ3) is 6.73. The predicted octanol–water partition coefficient (Wildman–Crippen LogP) is 1.94. The van der Waals surface area contributed by atoms with E-state index in [0.717, 1.165) is 11.1 Å². The zero-order valence-corrected chi connectivity index (χ0v) is 20.2. The molecule has 0 aliphatic rings. The van der Waals surface area contributed by atoms with Crippen molar-refractivity contribution >= 4 is 30.6 Å². The maximum absolute atomic E-state index is 13.5. The number of hydrogen-bond acceptors (Lipinski definition) is 9. The van der Waals surface area contributed by atoms with Crippen LogP contribution in [0.3, 0.4) is 0 Å². The second kappa shape index (κ2) is 11.4. The summed E-state index contributed by atoms with van der Waals surface area (Å²) in [5.74, 6) is -0.563. The van der Waals surface area contributed by atoms with Crippen LogP contribution < -0.4 is 16.4 Å². The third-order valence-electron chi connectivity index (χ3n) is 4.82. The number of nitrogens with one attached hydrogen (secondary N) is 2. The van der Waals surface area contributed by atoms with Crippen LogP contribution in [0.5, 0.6) is 0 Å². The van der Waals surface area contributed by atoms with Gasteiger partial charge in [0.05, 0.1) is 26.1 Å². The molecule has 0 saturated carbocycles. The predicted molar refractivity (Wildman–Crippen MR) is 126 cm³/mol. The highest BCUT2D eigenvalue weighted by atomic mass is 31.2. The Bertz CT molecular complexity index is 1220. The molecule has 0 bridgehead atoms. The Kier molecular flexibility index (Phi) is 8.56. The molecule has 1 unspecified atom stereocenters. The second-order valence-corrected chi connectivity index (χ2v) is 9.76. The van der Waals surface area contributed by atoms with E-state index in [2.05, 4.69) is 20.0 Å². The monoisotopic (exact) mass is 492 g/mol. The first-order valence-electron chi connectivity index (χ1n) is 10.7. The maximum Gasteiger partial charge on any atom is 0.323 e. The standard InChI is InChI=1S/C21H29N6O6P/c1-4-32-20(29)15(3)26-34(30,33-11-16-7-5-14(2)6-8-16)13-31-10-9-27-12-23-17-18(27)24-21(22)25-19(17)28/h5-8,12,15H,4,9-11,13H2,1-3H3,(H,26,30)(H3,22,24,25,28)/t15-,34?/m0/s1. The van der Waals surface area contributed by atoms with Gasteiger partial charge in [0.1, 0.15) is 12.4 Å². The van der Waals surface area contributed by atoms with Crippen LogP contribution in [-0.2, 0) is 36.5 Å². The lowest BCUT2D eigenvalue weighted by Crippen LogP contribution is -2.34. The zero-order valence-electron chi connectivity index (χ0n) is 19.3. The van der Waals surface area contributed by atoms with Gasteiger partial charge in [-0.05, 0) is 26.3 Å². The average molecular weight is 492 g/mol. The molecule has 0 aliphatic carbocycles. The summed E-state index contributed by atoms with van der Waals surface area (Å²) in [6.45, 7) is 5.88. The van der Waals surface area contributed by atoms with Gasteiger partial charge in [-0.1, -0.05) is 29.8 Å². The minimum atomic E-state index is -3.59. The summed E-state index contributed by atoms with van der Waals surface area (Å²) in [7, 11) is -3.59. The molecule has 13 heteroatoms. The fraction of sp³-hybridized carbons (Fsp3) is 0.429. The van der Waals surface area contributed by atoms with Crippen LogP contribution in [0, 0.1) is 6.92 Å². The van der Waals surface area contributed by atoms with Crippen LogP contribution in [0.25, 0.3) is 11.2 Å². The number of hydrogen-bond donors (Lipinski definition) is 3. The molecule has 3 rings (SSSR count). The summed E-state index contributed by atoms with van der Waals surface area (Å²) in [6.07, 6.45) is 1.16. The Morgan fingerprint density at radius 2 is 2.06 bits per heavy atom. The number of aryl methyl sites for hydroxylation is 1. The lowest BCUT2D eigenvalue weighted by molar-refractivity contribution is -0.144. The molecule has 184 valence electrons. The van der Waals surface area contributed by atoms with E-state index < -0.39 is 25.1 Å². The molecule has 4 N–H and O–H groups in total. The summed E-state index contributed by atoms with van der Waals surface area (Å²) < 4.78 is 31.4. The SMILES string of the molecule is CCOC(=O)[C@H](C)NP(=O)(COCCn1cnc2c(=O)[nH]c(N)nc21)OCc1ccc(C)cc1. The fourth-order valence-corrected chi connectivity index (χ4v) is 4.72. The number of nitrogens with two attached hydrogens (primary N) is 1. The number of carbonyl (C=O) groups is 1. The molecule has 1 aromatic carbocycles. The molecule has 0 amide bonds. The Morgan fingerprint density at radius 3 is 2.76 bits per heavy atom. The van der Waals surface area contributed by atoms with Gasteiger partial charge in [-0.15, -0.1) is 0 Å². The highest BCUT2D eigenvalue weighted by Gasteiger charge is 2.29. The minimum absolute atomic E-state index is 0.0219. The van der Waals surface area contributed by atoms with Gasteiger partial charge in [0.2, 0.25) is 5.95 Å². The Labute approximate surface area is 196 Å². The number of imidazole rings is 1. The molecule has 2 atom stereocenters. The molecule has 3 aromatic rings. The Balaban J connectivity index is 1.64. The van der Waals surface area contributed by atoms with E-state index >= 15 is 0 Å². The van der Waals surface area contributed by atoms with Crippen molar-refractivity contribution in [2.24, 2.45) is 0 Å². The molecule has 34 heavy (non-hydrogen) atoms. The van der Waals surface area contributed by atoms with Crippen molar-refractivity contribution < 1.29 is 23.4 Å². The molecule has 2 heterocycles. The Morgan fingerprint density at radius 1 is 1.32 bits per heavy atom. The van der Waals surface area contributed by atoms with Crippen LogP contribution in [0.1, 0.15) is 25.0 Å². The van der Waals surface area contributed by atoms with Gasteiger partial charge in [0.25, 0.3) is 13.1 Å². The lowest BCUT2D eigenvalue weighted by Gasteiger charge is -2.23. The van der Waals surface area contributed by atoms with Crippen molar-refractivity contribution in [1.29, 1.82) is 0 Å². The normalized spacial score (nSPS) is 14.1. The van der Waals surface area contributed by atoms with E-state index in [0.29, 0.717) is 5.65 Å². The number of ether oxygens (including phenoxy) is 2. The van der Waals surface area contributed by atoms with Crippen molar-refractivity contribution in [3.8, 4) is 0 Å². The number of rotatable bonds is 12. The van der Waals surface area contributed by atoms with Crippen LogP contribution in [0.4, 0.5) is 5.95 Å². The highest BCUT2D eigenvalue weighted by Crippen LogP contribution is 2.44. The summed E-state index contributed by atoms with van der Waals surface area (Å²) >= 11 is 0. The van der Waals surface area contributed by atoms with E-state index in [-0.39, 0.29) is 44.2 Å². The summed E-state index contributed by atoms with van der Waals surface area (Å²) in [5, 5.41) is 2.74. The average Bonchev–Trinajstić information content (AvgIpc) is 3.19. The summed E-state index contributed by atoms with van der Waals surface area (Å²) in [4.78, 5) is 34.5. The van der Waals surface area contributed by atoms with E-state index in [4.69, 9.17) is 19.7 Å². The van der Waals surface area contributed by atoms with Crippen molar-refractivity contribution in [1.82, 2.24) is 24.6 Å². The van der Waals surface area contributed by atoms with Gasteiger partial charge < -0.3 is 24.3 Å². The first-order chi connectivity index (χ1) is 16.2. The van der Waals surface area contributed by atoms with Crippen LogP contribution in [0.15, 0.2) is 35.4 Å². The zero-order chi connectivity index (χ0) is 24.7. The molecular weight excluding hydrogens is 463 g/mol. The van der Waals surface area contributed by atoms with Gasteiger partial charge in [-0.2, -0.15) is 4.98 Å². The molecular formula is C21H29N6O6P. The van der Waals surface area contributed by atoms with Gasteiger partial charge in [-0.3, -0.25) is 19.1 Å². The van der Waals surface area contributed by atoms with Gasteiger partial charge >= 0.3 is 5.97 Å². The van der Waals surface area contributed by atoms with Crippen molar-refractivity contribution in [2.45, 2.75) is 40.0 Å². The van der Waals surface area contributed by atoms with E-state index in [1.807, 2.05) is 31.2 Å². The van der Waals surface area contributed by atoms with E-state index in [1.54, 1.807) is 18.4 Å². The molecule has 2 aromatic heterocycles. The fourth-order valence-electron chi connectivity index (χ4n) is 3.07. The molecule has 12 nitrogen and oxygen atoms in total. The van der Waals surface area contributed by atoms with Crippen molar-refractivity contribution in [2.75, 3.05) is 25.3 Å². The number of nitrogen functional groups attached to an aromatic ring is 1. The minimum Gasteiger partial charge on any atom is -0.465 e. The number of nitrogens with zero attached hydrogens (tertiary/aromatic N) is 3. The van der Waals surface area contributed by atoms with Gasteiger partial charge in [-0.25, -0.2) is 10.1 Å². The van der Waals surface area contributed by atoms with Crippen molar-refractivity contribution in [3.63, 3.8) is 0 Å². The number of esters is 1. The van der Waals surface area contributed by atoms with E-state index in [9.17, 15) is 14.2 Å². The van der Waals surface area contributed by atoms with Gasteiger partial charge in [0.15, 0.2) is 11.2 Å². The number of aromatic nitrogens is 4. The summed E-state index contributed by atoms with van der Waals surface area (Å²) in [6, 6.07) is 6.75. The van der Waals surface area contributed by atoms with Crippen molar-refractivity contribution in [3.05, 3.63) is 52.1 Å². The van der Waals surface area contributed by atoms with Crippen LogP contribution in [0.2, 0.25) is 0 Å². The number of fused-ring (bicyclic) bond motifs is 1. The largest absolute Gasteiger partial charge is 0.465 e. The topological polar surface area (TPSA) is 163 Å². The molecule has 0 spiro atoms. The highest BCUT2D eigenvalue weighted by molar-refractivity contribution is 7.56. The van der Waals surface area contributed by atoms with E-state index in [1.165, 1.54) is 6.33 Å². The first-order valence-corrected chi connectivity index (χ1v) is 12.5. The van der Waals surface area contributed by atoms with Gasteiger partial charge in [0, 0.05) is 6.54 Å². The number of H-pyrrole nitrogens is 1. The smallest absolute Gasteiger partial charge is 0.323 e. The molecule has 0 aliphatic heterocycles. The van der Waals surface area contributed by atoms with Crippen LogP contribution >= 0.6 is 7.52 Å². The van der Waals surface area contributed by atoms with Crippen LogP contribution in [-0.4, -0.2) is 51.1 Å². The third-order valence-corrected chi connectivity index (χ3v) is 6.67. The number of aromatic amines is 1. The Hall–Kier alpha value is -3.05. The number of carbonyl (C=O) groups excluding carboxylic acids is 1. The second-order valence-electron chi connectivity index (χ2n) is 7.63. The molecule has 0 saturated heterocycles. The molecule has 0 fully saturated rings. The summed E-state index contributed by atoms with van der Waals surface area (Å²) in [5.41, 5.74) is 7.57. The number of benzene rings is 1.